The fraction of sp³-hybridized carbons (Fsp3) is 0.222. The minimum atomic E-state index is -4.61. The van der Waals surface area contributed by atoms with E-state index in [0.29, 0.717) is 0 Å². The summed E-state index contributed by atoms with van der Waals surface area (Å²) in [5.74, 6) is -3.69. The van der Waals surface area contributed by atoms with Crippen molar-refractivity contribution in [2.75, 3.05) is 23.8 Å². The van der Waals surface area contributed by atoms with Crippen LogP contribution in [0.3, 0.4) is 0 Å². The number of anilines is 2. The normalized spacial score (nSPS) is 11.4. The predicted molar refractivity (Wildman–Crippen MR) is 105 cm³/mol. The number of hydrogen-bond donors (Lipinski definition) is 3. The Morgan fingerprint density at radius 3 is 2.16 bits per heavy atom. The number of halogens is 8. The Bertz CT molecular complexity index is 967. The predicted octanol–water partition coefficient (Wildman–Crippen LogP) is 5.52. The topological polar surface area (TPSA) is 79.5 Å². The molecule has 2 rings (SSSR count). The summed E-state index contributed by atoms with van der Waals surface area (Å²) in [6.07, 6.45) is -8.60. The molecule has 0 heterocycles. The van der Waals surface area contributed by atoms with Crippen LogP contribution in [0, 0.1) is 11.6 Å². The lowest BCUT2D eigenvalue weighted by atomic mass is 10.2. The Morgan fingerprint density at radius 1 is 1.06 bits per heavy atom. The Kier molecular flexibility index (Phi) is 8.58. The molecule has 14 heteroatoms. The van der Waals surface area contributed by atoms with E-state index in [4.69, 9.17) is 23.2 Å². The van der Waals surface area contributed by atoms with Gasteiger partial charge in [-0.15, -0.1) is 0 Å². The maximum atomic E-state index is 13.6. The van der Waals surface area contributed by atoms with Crippen molar-refractivity contribution < 1.29 is 40.7 Å². The van der Waals surface area contributed by atoms with E-state index in [1.165, 1.54) is 0 Å². The van der Waals surface area contributed by atoms with Crippen LogP contribution >= 0.6 is 23.2 Å². The van der Waals surface area contributed by atoms with E-state index >= 15 is 0 Å². The first-order chi connectivity index (χ1) is 14.9. The number of carbonyl (C=O) groups excluding carboxylic acids is 2. The van der Waals surface area contributed by atoms with Gasteiger partial charge in [0.05, 0.1) is 22.3 Å². The lowest BCUT2D eigenvalue weighted by Gasteiger charge is -2.17. The first-order valence-corrected chi connectivity index (χ1v) is 9.27. The van der Waals surface area contributed by atoms with Gasteiger partial charge in [-0.1, -0.05) is 29.3 Å². The van der Waals surface area contributed by atoms with Crippen molar-refractivity contribution in [3.8, 4) is 0 Å². The van der Waals surface area contributed by atoms with Gasteiger partial charge in [-0.05, 0) is 24.3 Å². The van der Waals surface area contributed by atoms with Gasteiger partial charge in [0.1, 0.15) is 17.2 Å². The molecule has 0 aliphatic heterocycles. The quantitative estimate of drug-likeness (QED) is 0.327. The summed E-state index contributed by atoms with van der Waals surface area (Å²) in [5.41, 5.74) is -0.976. The molecule has 2 aromatic carbocycles. The Labute approximate surface area is 186 Å². The molecule has 0 atom stereocenters. The van der Waals surface area contributed by atoms with Gasteiger partial charge in [-0.2, -0.15) is 8.78 Å². The molecular weight excluding hydrogens is 491 g/mol. The number of benzene rings is 2. The summed E-state index contributed by atoms with van der Waals surface area (Å²) in [7, 11) is 0. The average Bonchev–Trinajstić information content (AvgIpc) is 2.66. The van der Waals surface area contributed by atoms with Gasteiger partial charge in [0, 0.05) is 12.2 Å². The van der Waals surface area contributed by atoms with E-state index in [1.54, 1.807) is 5.32 Å². The molecule has 0 bridgehead atoms. The van der Waals surface area contributed by atoms with E-state index in [-0.39, 0.29) is 28.0 Å². The SMILES string of the molecule is O=C(NC(=O)c1c(F)cccc1F)Nc1cc(Cl)c(NCCOC(F)(F)C(F)F)c(Cl)c1. The first-order valence-electron chi connectivity index (χ1n) is 8.51. The Balaban J connectivity index is 1.97. The van der Waals surface area contributed by atoms with E-state index in [0.717, 1.165) is 30.3 Å². The number of imide groups is 1. The Hall–Kier alpha value is -2.70. The largest absolute Gasteiger partial charge is 0.416 e. The zero-order valence-corrected chi connectivity index (χ0v) is 17.1. The van der Waals surface area contributed by atoms with Gasteiger partial charge in [-0.3, -0.25) is 10.1 Å². The maximum absolute atomic E-state index is 13.6. The average molecular weight is 504 g/mol. The third kappa shape index (κ3) is 6.65. The highest BCUT2D eigenvalue weighted by atomic mass is 35.5. The fourth-order valence-corrected chi connectivity index (χ4v) is 2.90. The summed E-state index contributed by atoms with van der Waals surface area (Å²) in [4.78, 5) is 23.9. The molecule has 0 saturated heterocycles. The van der Waals surface area contributed by atoms with Crippen molar-refractivity contribution in [2.45, 2.75) is 12.5 Å². The van der Waals surface area contributed by atoms with Gasteiger partial charge in [0.15, 0.2) is 0 Å². The van der Waals surface area contributed by atoms with Crippen LogP contribution in [0.15, 0.2) is 30.3 Å². The van der Waals surface area contributed by atoms with Crippen molar-refractivity contribution in [1.29, 1.82) is 0 Å². The molecule has 3 amide bonds. The highest BCUT2D eigenvalue weighted by Gasteiger charge is 2.42. The van der Waals surface area contributed by atoms with Gasteiger partial charge in [0.25, 0.3) is 5.91 Å². The molecular formula is C18H13Cl2F6N3O3. The number of ether oxygens (including phenoxy) is 1. The van der Waals surface area contributed by atoms with E-state index < -0.39 is 48.3 Å². The third-order valence-electron chi connectivity index (χ3n) is 3.67. The standard InChI is InChI=1S/C18H13Cl2F6N3O3/c19-9-6-8(7-10(20)14(9)27-4-5-32-18(25,26)16(23)24)28-17(31)29-15(30)13-11(21)2-1-3-12(13)22/h1-3,6-7,16,27H,4-5H2,(H2,28,29,30,31). The van der Waals surface area contributed by atoms with Crippen LogP contribution in [0.25, 0.3) is 0 Å². The smallest absolute Gasteiger partial charge is 0.380 e. The number of amides is 3. The van der Waals surface area contributed by atoms with Gasteiger partial charge in [-0.25, -0.2) is 22.4 Å². The number of carbonyl (C=O) groups is 2. The zero-order valence-electron chi connectivity index (χ0n) is 15.6. The number of nitrogens with one attached hydrogen (secondary N) is 3. The molecule has 3 N–H and O–H groups in total. The highest BCUT2D eigenvalue weighted by molar-refractivity contribution is 6.39. The van der Waals surface area contributed by atoms with Crippen LogP contribution in [0.5, 0.6) is 0 Å². The molecule has 0 radical (unpaired) electrons. The first kappa shape index (κ1) is 25.6. The van der Waals surface area contributed by atoms with E-state index in [9.17, 15) is 35.9 Å². The van der Waals surface area contributed by atoms with E-state index in [2.05, 4.69) is 15.4 Å². The molecule has 0 spiro atoms. The van der Waals surface area contributed by atoms with Crippen molar-refractivity contribution >= 4 is 46.5 Å². The molecule has 0 unspecified atom stereocenters. The zero-order chi connectivity index (χ0) is 24.1. The lowest BCUT2D eigenvalue weighted by Crippen LogP contribution is -2.35. The summed E-state index contributed by atoms with van der Waals surface area (Å²) < 4.78 is 80.4. The number of urea groups is 1. The second-order valence-corrected chi connectivity index (χ2v) is 6.77. The van der Waals surface area contributed by atoms with Crippen LogP contribution in [0.1, 0.15) is 10.4 Å². The monoisotopic (exact) mass is 503 g/mol. The maximum Gasteiger partial charge on any atom is 0.416 e. The fourth-order valence-electron chi connectivity index (χ4n) is 2.28. The summed E-state index contributed by atoms with van der Waals surface area (Å²) in [6.45, 7) is -1.17. The molecule has 32 heavy (non-hydrogen) atoms. The molecule has 174 valence electrons. The summed E-state index contributed by atoms with van der Waals surface area (Å²) >= 11 is 12.0. The highest BCUT2D eigenvalue weighted by Crippen LogP contribution is 2.34. The van der Waals surface area contributed by atoms with Crippen molar-refractivity contribution in [2.24, 2.45) is 0 Å². The molecule has 0 aliphatic carbocycles. The molecule has 0 fully saturated rings. The molecule has 0 saturated carbocycles. The van der Waals surface area contributed by atoms with Crippen molar-refractivity contribution in [3.63, 3.8) is 0 Å². The molecule has 2 aromatic rings. The van der Waals surface area contributed by atoms with Gasteiger partial charge in [0.2, 0.25) is 0 Å². The lowest BCUT2D eigenvalue weighted by molar-refractivity contribution is -0.298. The van der Waals surface area contributed by atoms with Crippen LogP contribution in [0.2, 0.25) is 10.0 Å². The van der Waals surface area contributed by atoms with Gasteiger partial charge < -0.3 is 15.4 Å². The molecule has 0 aromatic heterocycles. The minimum Gasteiger partial charge on any atom is -0.380 e. The third-order valence-corrected chi connectivity index (χ3v) is 4.27. The van der Waals surface area contributed by atoms with Crippen LogP contribution in [-0.2, 0) is 4.74 Å². The van der Waals surface area contributed by atoms with Crippen molar-refractivity contribution in [3.05, 3.63) is 57.6 Å². The van der Waals surface area contributed by atoms with Crippen LogP contribution in [-0.4, -0.2) is 37.6 Å². The number of rotatable bonds is 8. The second-order valence-electron chi connectivity index (χ2n) is 5.96. The second kappa shape index (κ2) is 10.7. The summed E-state index contributed by atoms with van der Waals surface area (Å²) in [5, 5.41) is 6.18. The minimum absolute atomic E-state index is 0.0211. The Morgan fingerprint density at radius 2 is 1.62 bits per heavy atom. The number of hydrogen-bond acceptors (Lipinski definition) is 4. The number of alkyl halides is 4. The van der Waals surface area contributed by atoms with Crippen LogP contribution < -0.4 is 16.0 Å². The van der Waals surface area contributed by atoms with Gasteiger partial charge >= 0.3 is 18.6 Å². The summed E-state index contributed by atoms with van der Waals surface area (Å²) in [6, 6.07) is 3.85. The van der Waals surface area contributed by atoms with Crippen molar-refractivity contribution in [1.82, 2.24) is 5.32 Å². The van der Waals surface area contributed by atoms with E-state index in [1.807, 2.05) is 0 Å². The molecule has 0 aliphatic rings. The van der Waals surface area contributed by atoms with Crippen LogP contribution in [0.4, 0.5) is 42.5 Å². The molecule has 6 nitrogen and oxygen atoms in total.